The summed E-state index contributed by atoms with van der Waals surface area (Å²) in [5.41, 5.74) is 0.434. The largest absolute Gasteiger partial charge is 0.614 e. The Morgan fingerprint density at radius 2 is 2.22 bits per heavy atom. The van der Waals surface area contributed by atoms with E-state index < -0.39 is 45.3 Å². The van der Waals surface area contributed by atoms with Gasteiger partial charge in [-0.3, -0.25) is 14.7 Å². The minimum Gasteiger partial charge on any atom is -0.614 e. The number of aromatic hydroxyl groups is 1. The maximum absolute atomic E-state index is 13.0. The van der Waals surface area contributed by atoms with E-state index in [-0.39, 0.29) is 18.4 Å². The van der Waals surface area contributed by atoms with Crippen molar-refractivity contribution in [3.63, 3.8) is 0 Å². The number of fused-ring (bicyclic) bond motifs is 1. The standard InChI is InChI=1S/C17H19ClN2O6S/c1-17(8-18)13(16(23)26-9-25-2)20-14(22)12(15(20)27(17)24)19-7-10-5-3-4-6-11(10)21/h3-7,12-13,15,21H,8-9H2,1-2H3/t12-,13+,15+,17?,27?/m1/s1. The van der Waals surface area contributed by atoms with E-state index >= 15 is 0 Å². The Hall–Kier alpha value is -1.81. The average Bonchev–Trinajstić information content (AvgIpc) is 2.87. The molecule has 0 aliphatic carbocycles. The maximum Gasteiger partial charge on any atom is 0.336 e. The van der Waals surface area contributed by atoms with E-state index in [4.69, 9.17) is 21.1 Å². The first-order valence-electron chi connectivity index (χ1n) is 8.12. The highest BCUT2D eigenvalue weighted by Gasteiger charge is 2.74. The van der Waals surface area contributed by atoms with Crippen LogP contribution in [0.25, 0.3) is 0 Å². The molecule has 1 N–H and O–H groups in total. The summed E-state index contributed by atoms with van der Waals surface area (Å²) in [5.74, 6) is -1.23. The molecule has 0 radical (unpaired) electrons. The van der Waals surface area contributed by atoms with Gasteiger partial charge in [0.25, 0.3) is 5.91 Å². The second-order valence-electron chi connectivity index (χ2n) is 6.43. The van der Waals surface area contributed by atoms with Gasteiger partial charge < -0.3 is 19.1 Å². The highest BCUT2D eigenvalue weighted by atomic mass is 35.5. The van der Waals surface area contributed by atoms with Crippen LogP contribution in [0.2, 0.25) is 0 Å². The number of alkyl halides is 1. The Morgan fingerprint density at radius 3 is 2.85 bits per heavy atom. The van der Waals surface area contributed by atoms with Crippen LogP contribution in [0.3, 0.4) is 0 Å². The van der Waals surface area contributed by atoms with Crippen LogP contribution in [0.5, 0.6) is 5.75 Å². The fraction of sp³-hybridized carbons (Fsp3) is 0.471. The molecule has 27 heavy (non-hydrogen) atoms. The van der Waals surface area contributed by atoms with Gasteiger partial charge in [0.05, 0.1) is 5.88 Å². The van der Waals surface area contributed by atoms with E-state index in [1.807, 2.05) is 0 Å². The molecule has 0 aromatic heterocycles. The minimum absolute atomic E-state index is 0.0176. The average molecular weight is 415 g/mol. The fourth-order valence-electron chi connectivity index (χ4n) is 3.22. The van der Waals surface area contributed by atoms with Gasteiger partial charge in [0.1, 0.15) is 5.75 Å². The van der Waals surface area contributed by atoms with E-state index in [0.717, 1.165) is 0 Å². The molecule has 2 aliphatic heterocycles. The number of nitrogens with zero attached hydrogens (tertiary/aromatic N) is 2. The Labute approximate surface area is 164 Å². The smallest absolute Gasteiger partial charge is 0.336 e. The number of carbonyl (C=O) groups excluding carboxylic acids is 2. The number of carbonyl (C=O) groups is 2. The lowest BCUT2D eigenvalue weighted by Crippen LogP contribution is -2.66. The normalized spacial score (nSPS) is 32.4. The van der Waals surface area contributed by atoms with Crippen LogP contribution >= 0.6 is 11.6 Å². The quantitative estimate of drug-likeness (QED) is 0.182. The minimum atomic E-state index is -1.63. The highest BCUT2D eigenvalue weighted by molar-refractivity contribution is 7.94. The molecule has 2 saturated heterocycles. The fourth-order valence-corrected chi connectivity index (χ4v) is 5.64. The van der Waals surface area contributed by atoms with Gasteiger partial charge in [-0.05, 0) is 30.2 Å². The first-order chi connectivity index (χ1) is 12.9. The number of benzene rings is 1. The van der Waals surface area contributed by atoms with Crippen LogP contribution in [-0.2, 0) is 30.2 Å². The molecule has 5 atom stereocenters. The van der Waals surface area contributed by atoms with Crippen LogP contribution in [0.15, 0.2) is 29.3 Å². The molecule has 3 rings (SSSR count). The number of phenols is 1. The molecule has 1 aromatic rings. The Morgan fingerprint density at radius 1 is 1.52 bits per heavy atom. The third-order valence-corrected chi connectivity index (χ3v) is 7.63. The summed E-state index contributed by atoms with van der Waals surface area (Å²) in [4.78, 5) is 30.5. The van der Waals surface area contributed by atoms with Crippen molar-refractivity contribution in [3.05, 3.63) is 29.8 Å². The number of phenolic OH excluding ortho intramolecular Hbond substituents is 1. The number of esters is 1. The Bertz CT molecular complexity index is 778. The Kier molecular flexibility index (Phi) is 5.66. The van der Waals surface area contributed by atoms with E-state index in [9.17, 15) is 19.2 Å². The van der Waals surface area contributed by atoms with E-state index in [0.29, 0.717) is 5.56 Å². The van der Waals surface area contributed by atoms with E-state index in [1.54, 1.807) is 25.1 Å². The topological polar surface area (TPSA) is 111 Å². The number of β-lactam (4-membered cyclic amide) rings is 1. The third kappa shape index (κ3) is 3.18. The summed E-state index contributed by atoms with van der Waals surface area (Å²) >= 11 is 4.39. The molecule has 1 amide bonds. The molecule has 0 spiro atoms. The molecule has 1 aromatic carbocycles. The number of hydrogen-bond acceptors (Lipinski definition) is 7. The van der Waals surface area contributed by atoms with Gasteiger partial charge in [0.2, 0.25) is 5.37 Å². The lowest BCUT2D eigenvalue weighted by Gasteiger charge is -2.39. The van der Waals surface area contributed by atoms with Crippen molar-refractivity contribution < 1.29 is 28.7 Å². The molecule has 0 bridgehead atoms. The molecular formula is C17H19ClN2O6S. The SMILES string of the molecule is COCOC(=O)[C@@H]1N2C(=O)[C@@H](N=Cc3ccccc3O)[C@@H]2[S+]([O-])C1(C)CCl. The summed E-state index contributed by atoms with van der Waals surface area (Å²) in [7, 11) is 1.36. The summed E-state index contributed by atoms with van der Waals surface area (Å²) < 4.78 is 21.6. The lowest BCUT2D eigenvalue weighted by atomic mass is 9.96. The highest BCUT2D eigenvalue weighted by Crippen LogP contribution is 2.48. The Balaban J connectivity index is 1.85. The van der Waals surface area contributed by atoms with E-state index in [1.165, 1.54) is 24.3 Å². The predicted octanol–water partition coefficient (Wildman–Crippen LogP) is 0.623. The zero-order valence-corrected chi connectivity index (χ0v) is 16.3. The number of amides is 1. The van der Waals surface area contributed by atoms with Crippen LogP contribution < -0.4 is 0 Å². The number of methoxy groups -OCH3 is 1. The van der Waals surface area contributed by atoms with Gasteiger partial charge in [-0.1, -0.05) is 12.1 Å². The first kappa shape index (κ1) is 19.9. The predicted molar refractivity (Wildman–Crippen MR) is 99.1 cm³/mol. The number of ether oxygens (including phenoxy) is 2. The second kappa shape index (κ2) is 7.67. The molecule has 8 nitrogen and oxygen atoms in total. The molecule has 2 aliphatic rings. The monoisotopic (exact) mass is 414 g/mol. The second-order valence-corrected chi connectivity index (χ2v) is 8.71. The zero-order chi connectivity index (χ0) is 19.8. The summed E-state index contributed by atoms with van der Waals surface area (Å²) in [6, 6.07) is 4.54. The van der Waals surface area contributed by atoms with Crippen molar-refractivity contribution in [1.29, 1.82) is 0 Å². The maximum atomic E-state index is 13.0. The summed E-state index contributed by atoms with van der Waals surface area (Å²) in [5, 5.41) is 9.03. The molecule has 146 valence electrons. The van der Waals surface area contributed by atoms with Crippen LogP contribution in [0.4, 0.5) is 0 Å². The van der Waals surface area contributed by atoms with Gasteiger partial charge >= 0.3 is 5.97 Å². The van der Waals surface area contributed by atoms with Gasteiger partial charge in [-0.2, -0.15) is 0 Å². The molecule has 2 unspecified atom stereocenters. The van der Waals surface area contributed by atoms with Gasteiger partial charge in [0, 0.05) is 18.9 Å². The third-order valence-electron chi connectivity index (χ3n) is 4.71. The molecule has 0 saturated carbocycles. The van der Waals surface area contributed by atoms with Crippen molar-refractivity contribution in [2.45, 2.75) is 29.1 Å². The number of hydrogen-bond donors (Lipinski definition) is 1. The van der Waals surface area contributed by atoms with Crippen molar-refractivity contribution in [1.82, 2.24) is 4.90 Å². The van der Waals surface area contributed by atoms with Crippen molar-refractivity contribution in [2.75, 3.05) is 19.8 Å². The molecule has 2 fully saturated rings. The van der Waals surface area contributed by atoms with Crippen LogP contribution in [0.1, 0.15) is 12.5 Å². The van der Waals surface area contributed by atoms with Crippen LogP contribution in [0, 0.1) is 0 Å². The number of para-hydroxylation sites is 1. The molecular weight excluding hydrogens is 396 g/mol. The number of halogens is 1. The number of rotatable bonds is 6. The zero-order valence-electron chi connectivity index (χ0n) is 14.7. The lowest BCUT2D eigenvalue weighted by molar-refractivity contribution is -0.169. The van der Waals surface area contributed by atoms with Gasteiger partial charge in [0.15, 0.2) is 23.6 Å². The van der Waals surface area contributed by atoms with Gasteiger partial charge in [-0.15, -0.1) is 11.6 Å². The van der Waals surface area contributed by atoms with E-state index in [2.05, 4.69) is 4.99 Å². The van der Waals surface area contributed by atoms with Crippen molar-refractivity contribution >= 4 is 40.9 Å². The molecule has 10 heteroatoms. The summed E-state index contributed by atoms with van der Waals surface area (Å²) in [6.45, 7) is 1.31. The van der Waals surface area contributed by atoms with Gasteiger partial charge in [-0.25, -0.2) is 4.79 Å². The molecule has 2 heterocycles. The van der Waals surface area contributed by atoms with Crippen LogP contribution in [-0.4, -0.2) is 74.6 Å². The van der Waals surface area contributed by atoms with Crippen molar-refractivity contribution in [3.8, 4) is 5.75 Å². The first-order valence-corrected chi connectivity index (χ1v) is 9.87. The number of aliphatic imine (C=N–C) groups is 1. The summed E-state index contributed by atoms with van der Waals surface area (Å²) in [6.07, 6.45) is 1.36. The van der Waals surface area contributed by atoms with Crippen molar-refractivity contribution in [2.24, 2.45) is 4.99 Å².